The van der Waals surface area contributed by atoms with E-state index < -0.39 is 12.2 Å². The minimum absolute atomic E-state index is 0.0610. The number of phenols is 1. The molecule has 6 N–H and O–H groups in total. The van der Waals surface area contributed by atoms with Crippen LogP contribution in [0.3, 0.4) is 0 Å². The number of hydrogen-bond donors (Lipinski definition) is 5. The molecule has 2 fully saturated rings. The number of ether oxygens (including phenoxy) is 2. The Morgan fingerprint density at radius 2 is 2.02 bits per heavy atom. The number of hydrogen-bond acceptors (Lipinski definition) is 7. The summed E-state index contributed by atoms with van der Waals surface area (Å²) < 4.78 is 11.9. The van der Waals surface area contributed by atoms with E-state index in [1.807, 2.05) is 12.1 Å². The van der Waals surface area contributed by atoms with Crippen molar-refractivity contribution >= 4 is 11.9 Å². The molecule has 0 aromatic heterocycles. The molecule has 0 amide bonds. The van der Waals surface area contributed by atoms with Gasteiger partial charge in [-0.3, -0.25) is 9.79 Å². The number of aliphatic hydroxyl groups is 1. The molecule has 1 aliphatic heterocycles. The van der Waals surface area contributed by atoms with Crippen LogP contribution in [0.25, 0.3) is 0 Å². The summed E-state index contributed by atoms with van der Waals surface area (Å²) in [5.41, 5.74) is 6.73. The number of guanidine groups is 1. The van der Waals surface area contributed by atoms with E-state index >= 15 is 0 Å². The molecule has 1 aromatic carbocycles. The first-order chi connectivity index (χ1) is 19.3. The van der Waals surface area contributed by atoms with Crippen molar-refractivity contribution in [2.45, 2.75) is 102 Å². The van der Waals surface area contributed by atoms with Gasteiger partial charge in [-0.2, -0.15) is 0 Å². The van der Waals surface area contributed by atoms with Crippen molar-refractivity contribution in [2.24, 2.45) is 22.1 Å². The van der Waals surface area contributed by atoms with Gasteiger partial charge < -0.3 is 36.1 Å². The lowest BCUT2D eigenvalue weighted by atomic mass is 9.67. The molecule has 220 valence electrons. The van der Waals surface area contributed by atoms with Crippen molar-refractivity contribution in [3.63, 3.8) is 0 Å². The first-order valence-electron chi connectivity index (χ1n) is 14.8. The largest absolute Gasteiger partial charge is 0.504 e. The van der Waals surface area contributed by atoms with E-state index in [0.29, 0.717) is 37.4 Å². The second-order valence-electron chi connectivity index (χ2n) is 11.6. The van der Waals surface area contributed by atoms with Crippen molar-refractivity contribution in [3.05, 3.63) is 23.8 Å². The highest BCUT2D eigenvalue weighted by molar-refractivity contribution is 5.78. The minimum atomic E-state index is -0.623. The molecule has 1 aromatic rings. The number of phenolic OH excluding ortho intramolecular Hbond substituents is 1. The highest BCUT2D eigenvalue weighted by atomic mass is 16.5. The Morgan fingerprint density at radius 3 is 2.77 bits per heavy atom. The third kappa shape index (κ3) is 8.05. The maximum Gasteiger partial charge on any atom is 0.302 e. The second-order valence-corrected chi connectivity index (χ2v) is 11.6. The van der Waals surface area contributed by atoms with Crippen molar-refractivity contribution in [1.82, 2.24) is 10.6 Å². The molecule has 9 heteroatoms. The van der Waals surface area contributed by atoms with Crippen LogP contribution in [0.5, 0.6) is 11.5 Å². The van der Waals surface area contributed by atoms with Gasteiger partial charge in [0.25, 0.3) is 0 Å². The number of nitrogens with one attached hydrogen (secondary N) is 2. The zero-order valence-corrected chi connectivity index (χ0v) is 24.0. The van der Waals surface area contributed by atoms with Crippen molar-refractivity contribution in [3.8, 4) is 23.3 Å². The van der Waals surface area contributed by atoms with E-state index in [1.165, 1.54) is 6.92 Å². The smallest absolute Gasteiger partial charge is 0.302 e. The van der Waals surface area contributed by atoms with E-state index in [9.17, 15) is 15.0 Å². The predicted octanol–water partition coefficient (Wildman–Crippen LogP) is 3.01. The molecular weight excluding hydrogens is 508 g/mol. The number of aliphatic imine (C=N–C) groups is 1. The maximum atomic E-state index is 12.1. The third-order valence-electron chi connectivity index (χ3n) is 8.67. The Hall–Kier alpha value is -2.96. The second kappa shape index (κ2) is 14.1. The van der Waals surface area contributed by atoms with E-state index in [0.717, 1.165) is 63.6 Å². The Bertz CT molecular complexity index is 1090. The van der Waals surface area contributed by atoms with Crippen molar-refractivity contribution in [1.29, 1.82) is 0 Å². The fourth-order valence-electron chi connectivity index (χ4n) is 6.43. The average molecular weight is 555 g/mol. The van der Waals surface area contributed by atoms with Crippen LogP contribution in [0.2, 0.25) is 0 Å². The van der Waals surface area contributed by atoms with Gasteiger partial charge in [0.05, 0.1) is 11.5 Å². The SMILES string of the molecule is CN=C(N)N[C@@H]1CCCC[C@@]12C#CC[C@@H](Cc1ccc(O)c(OC3CCNCC3)c1)[C@H](OC(C)=O)C[C@@H](O)CC2. The van der Waals surface area contributed by atoms with Crippen LogP contribution in [0.4, 0.5) is 0 Å². The monoisotopic (exact) mass is 554 g/mol. The van der Waals surface area contributed by atoms with Gasteiger partial charge in [0.1, 0.15) is 12.2 Å². The number of aliphatic hydroxyl groups excluding tert-OH is 1. The lowest BCUT2D eigenvalue weighted by molar-refractivity contribution is -0.151. The highest BCUT2D eigenvalue weighted by Crippen LogP contribution is 2.42. The highest BCUT2D eigenvalue weighted by Gasteiger charge is 2.41. The summed E-state index contributed by atoms with van der Waals surface area (Å²) in [6.07, 6.45) is 7.57. The Kier molecular flexibility index (Phi) is 10.6. The van der Waals surface area contributed by atoms with E-state index in [2.05, 4.69) is 27.5 Å². The number of carbonyl (C=O) groups is 1. The van der Waals surface area contributed by atoms with E-state index in [1.54, 1.807) is 13.1 Å². The molecular formula is C31H46N4O5. The number of rotatable bonds is 6. The molecule has 2 aliphatic carbocycles. The molecule has 40 heavy (non-hydrogen) atoms. The lowest BCUT2D eigenvalue weighted by Crippen LogP contribution is -2.51. The molecule has 1 heterocycles. The molecule has 1 spiro atoms. The average Bonchev–Trinajstić information content (AvgIpc) is 2.94. The molecule has 4 rings (SSSR count). The molecule has 1 saturated carbocycles. The van der Waals surface area contributed by atoms with Gasteiger partial charge in [0, 0.05) is 38.8 Å². The first-order valence-corrected chi connectivity index (χ1v) is 14.8. The summed E-state index contributed by atoms with van der Waals surface area (Å²) in [5.74, 6) is 7.62. The number of esters is 1. The maximum absolute atomic E-state index is 12.1. The predicted molar refractivity (Wildman–Crippen MR) is 155 cm³/mol. The van der Waals surface area contributed by atoms with Crippen molar-refractivity contribution in [2.75, 3.05) is 20.1 Å². The van der Waals surface area contributed by atoms with Gasteiger partial charge in [-0.25, -0.2) is 0 Å². The fraction of sp³-hybridized carbons (Fsp3) is 0.677. The zero-order chi connectivity index (χ0) is 28.5. The topological polar surface area (TPSA) is 138 Å². The van der Waals surface area contributed by atoms with Gasteiger partial charge in [0.15, 0.2) is 17.5 Å². The van der Waals surface area contributed by atoms with Gasteiger partial charge in [-0.1, -0.05) is 24.8 Å². The van der Waals surface area contributed by atoms with Crippen LogP contribution >= 0.6 is 0 Å². The van der Waals surface area contributed by atoms with Gasteiger partial charge in [-0.05, 0) is 75.7 Å². The summed E-state index contributed by atoms with van der Waals surface area (Å²) in [5, 5.41) is 28.3. The number of nitrogens with two attached hydrogens (primary N) is 1. The van der Waals surface area contributed by atoms with E-state index in [4.69, 9.17) is 15.2 Å². The molecule has 5 atom stereocenters. The van der Waals surface area contributed by atoms with Crippen LogP contribution in [0, 0.1) is 23.2 Å². The number of piperidine rings is 1. The normalized spacial score (nSPS) is 30.1. The van der Waals surface area contributed by atoms with Gasteiger partial charge >= 0.3 is 5.97 Å². The lowest BCUT2D eigenvalue weighted by Gasteiger charge is -2.42. The zero-order valence-electron chi connectivity index (χ0n) is 24.0. The Morgan fingerprint density at radius 1 is 1.23 bits per heavy atom. The molecule has 1 saturated heterocycles. The molecule has 0 radical (unpaired) electrons. The summed E-state index contributed by atoms with van der Waals surface area (Å²) >= 11 is 0. The van der Waals surface area contributed by atoms with Crippen LogP contribution in [-0.2, 0) is 16.0 Å². The van der Waals surface area contributed by atoms with Gasteiger partial charge in [0.2, 0.25) is 0 Å². The molecule has 0 bridgehead atoms. The number of nitrogens with zero attached hydrogens (tertiary/aromatic N) is 1. The van der Waals surface area contributed by atoms with Crippen LogP contribution in [-0.4, -0.2) is 66.6 Å². The number of benzene rings is 1. The van der Waals surface area contributed by atoms with Gasteiger partial charge in [-0.15, -0.1) is 5.92 Å². The Labute approximate surface area is 238 Å². The van der Waals surface area contributed by atoms with E-state index in [-0.39, 0.29) is 35.2 Å². The molecule has 3 aliphatic rings. The van der Waals surface area contributed by atoms with Crippen LogP contribution in [0.15, 0.2) is 23.2 Å². The Balaban J connectivity index is 1.60. The third-order valence-corrected chi connectivity index (χ3v) is 8.67. The fourth-order valence-corrected chi connectivity index (χ4v) is 6.43. The summed E-state index contributed by atoms with van der Waals surface area (Å²) in [6.45, 7) is 3.20. The summed E-state index contributed by atoms with van der Waals surface area (Å²) in [7, 11) is 1.67. The standard InChI is InChI=1S/C31H46N4O5/c1-21(36)39-27-20-24(37)10-15-31(13-4-3-7-29(31)35-30(32)33-2)14-5-6-23(27)18-22-8-9-26(38)28(19-22)40-25-11-16-34-17-12-25/h8-9,19,23-25,27,29,34,37-38H,3-4,6-7,10-13,15-18,20H2,1-2H3,(H3,32,33,35)/t23-,24-,27+,29+,31-/m0/s1. The molecule has 0 unspecified atom stereocenters. The minimum Gasteiger partial charge on any atom is -0.504 e. The van der Waals surface area contributed by atoms with Crippen LogP contribution in [0.1, 0.15) is 76.7 Å². The number of aromatic hydroxyl groups is 1. The number of carbonyl (C=O) groups excluding carboxylic acids is 1. The summed E-state index contributed by atoms with van der Waals surface area (Å²) in [4.78, 5) is 16.2. The molecule has 9 nitrogen and oxygen atoms in total. The summed E-state index contributed by atoms with van der Waals surface area (Å²) in [6, 6.07) is 5.51. The first kappa shape index (κ1) is 30.0. The quantitative estimate of drug-likeness (QED) is 0.157. The van der Waals surface area contributed by atoms with Crippen molar-refractivity contribution < 1.29 is 24.5 Å². The van der Waals surface area contributed by atoms with Crippen LogP contribution < -0.4 is 21.1 Å².